The summed E-state index contributed by atoms with van der Waals surface area (Å²) in [6.07, 6.45) is 0.933. The molecule has 0 saturated heterocycles. The Kier molecular flexibility index (Phi) is 6.16. The van der Waals surface area contributed by atoms with Crippen molar-refractivity contribution in [2.45, 2.75) is 23.8 Å². The summed E-state index contributed by atoms with van der Waals surface area (Å²) in [6.45, 7) is 0. The SMILES string of the molecule is O=C(O)C(CCc1ccccc1)S(=O)Cc1ccccc1Cl. The lowest BCUT2D eigenvalue weighted by molar-refractivity contribution is -0.136. The monoisotopic (exact) mass is 336 g/mol. The van der Waals surface area contributed by atoms with Crippen LogP contribution in [-0.2, 0) is 27.8 Å². The highest BCUT2D eigenvalue weighted by molar-refractivity contribution is 7.85. The highest BCUT2D eigenvalue weighted by atomic mass is 35.5. The minimum Gasteiger partial charge on any atom is -0.480 e. The molecule has 0 radical (unpaired) electrons. The van der Waals surface area contributed by atoms with Crippen LogP contribution in [0.3, 0.4) is 0 Å². The van der Waals surface area contributed by atoms with Gasteiger partial charge in [0.2, 0.25) is 0 Å². The zero-order valence-electron chi connectivity index (χ0n) is 11.9. The van der Waals surface area contributed by atoms with Gasteiger partial charge in [-0.15, -0.1) is 0 Å². The molecule has 0 spiro atoms. The van der Waals surface area contributed by atoms with Gasteiger partial charge >= 0.3 is 5.97 Å². The van der Waals surface area contributed by atoms with Gasteiger partial charge < -0.3 is 5.11 Å². The second kappa shape index (κ2) is 8.11. The van der Waals surface area contributed by atoms with Crippen molar-refractivity contribution in [3.05, 3.63) is 70.7 Å². The number of aliphatic carboxylic acids is 1. The van der Waals surface area contributed by atoms with Crippen LogP contribution in [0.15, 0.2) is 54.6 Å². The molecule has 0 fully saturated rings. The van der Waals surface area contributed by atoms with Crippen LogP contribution in [0.5, 0.6) is 0 Å². The number of hydrogen-bond acceptors (Lipinski definition) is 2. The van der Waals surface area contributed by atoms with Crippen LogP contribution in [0.1, 0.15) is 17.5 Å². The molecule has 2 aromatic carbocycles. The summed E-state index contributed by atoms with van der Waals surface area (Å²) < 4.78 is 12.4. The lowest BCUT2D eigenvalue weighted by Crippen LogP contribution is -2.27. The summed E-state index contributed by atoms with van der Waals surface area (Å²) in [6, 6.07) is 16.7. The van der Waals surface area contributed by atoms with Gasteiger partial charge in [0.15, 0.2) is 0 Å². The van der Waals surface area contributed by atoms with Crippen LogP contribution in [0.2, 0.25) is 5.02 Å². The molecule has 2 aromatic rings. The van der Waals surface area contributed by atoms with E-state index in [9.17, 15) is 14.1 Å². The Labute approximate surface area is 137 Å². The van der Waals surface area contributed by atoms with Gasteiger partial charge in [-0.2, -0.15) is 0 Å². The molecule has 0 heterocycles. The molecule has 1 N–H and O–H groups in total. The van der Waals surface area contributed by atoms with Gasteiger partial charge in [0.25, 0.3) is 0 Å². The molecule has 0 aromatic heterocycles. The molecule has 0 bridgehead atoms. The first-order valence-electron chi connectivity index (χ1n) is 6.95. The van der Waals surface area contributed by atoms with E-state index >= 15 is 0 Å². The first-order chi connectivity index (χ1) is 10.6. The molecule has 5 heteroatoms. The van der Waals surface area contributed by atoms with E-state index in [1.807, 2.05) is 30.3 Å². The molecule has 116 valence electrons. The zero-order chi connectivity index (χ0) is 15.9. The third-order valence-electron chi connectivity index (χ3n) is 3.39. The fourth-order valence-electron chi connectivity index (χ4n) is 2.18. The maximum Gasteiger partial charge on any atom is 0.319 e. The number of rotatable bonds is 7. The largest absolute Gasteiger partial charge is 0.480 e. The van der Waals surface area contributed by atoms with Gasteiger partial charge in [-0.25, -0.2) is 0 Å². The van der Waals surface area contributed by atoms with Gasteiger partial charge in [-0.05, 0) is 30.0 Å². The predicted molar refractivity (Wildman–Crippen MR) is 89.5 cm³/mol. The second-order valence-corrected chi connectivity index (χ2v) is 6.99. The summed E-state index contributed by atoms with van der Waals surface area (Å²) >= 11 is 6.04. The molecule has 0 aliphatic heterocycles. The third kappa shape index (κ3) is 4.68. The molecular formula is C17H17ClO3S. The van der Waals surface area contributed by atoms with Crippen molar-refractivity contribution >= 4 is 28.4 Å². The number of aryl methyl sites for hydroxylation is 1. The molecule has 2 atom stereocenters. The van der Waals surface area contributed by atoms with Crippen molar-refractivity contribution in [2.75, 3.05) is 0 Å². The first kappa shape index (κ1) is 16.7. The number of hydrogen-bond donors (Lipinski definition) is 1. The van der Waals surface area contributed by atoms with Gasteiger partial charge in [0, 0.05) is 15.8 Å². The van der Waals surface area contributed by atoms with E-state index in [1.54, 1.807) is 24.3 Å². The van der Waals surface area contributed by atoms with Crippen LogP contribution in [0, 0.1) is 0 Å². The maximum atomic E-state index is 12.4. The van der Waals surface area contributed by atoms with Gasteiger partial charge in [0.1, 0.15) is 5.25 Å². The topological polar surface area (TPSA) is 54.4 Å². The molecule has 2 unspecified atom stereocenters. The van der Waals surface area contributed by atoms with Gasteiger partial charge in [-0.1, -0.05) is 60.1 Å². The average molecular weight is 337 g/mol. The smallest absolute Gasteiger partial charge is 0.319 e. The summed E-state index contributed by atoms with van der Waals surface area (Å²) in [4.78, 5) is 11.4. The average Bonchev–Trinajstić information content (AvgIpc) is 2.50. The van der Waals surface area contributed by atoms with Crippen LogP contribution >= 0.6 is 11.6 Å². The molecule has 0 saturated carbocycles. The van der Waals surface area contributed by atoms with E-state index in [4.69, 9.17) is 11.6 Å². The van der Waals surface area contributed by atoms with Crippen LogP contribution in [0.4, 0.5) is 0 Å². The van der Waals surface area contributed by atoms with Gasteiger partial charge in [-0.3, -0.25) is 9.00 Å². The van der Waals surface area contributed by atoms with Crippen molar-refractivity contribution in [3.63, 3.8) is 0 Å². The van der Waals surface area contributed by atoms with E-state index < -0.39 is 22.0 Å². The van der Waals surface area contributed by atoms with Crippen molar-refractivity contribution in [1.29, 1.82) is 0 Å². The fourth-order valence-corrected chi connectivity index (χ4v) is 3.83. The molecular weight excluding hydrogens is 320 g/mol. The molecule has 0 amide bonds. The minimum atomic E-state index is -1.51. The maximum absolute atomic E-state index is 12.4. The number of benzene rings is 2. The van der Waals surface area contributed by atoms with Gasteiger partial charge in [0.05, 0.1) is 5.75 Å². The minimum absolute atomic E-state index is 0.158. The van der Waals surface area contributed by atoms with Crippen LogP contribution in [0.25, 0.3) is 0 Å². The van der Waals surface area contributed by atoms with E-state index in [1.165, 1.54) is 0 Å². The standard InChI is InChI=1S/C17H17ClO3S/c18-15-9-5-4-8-14(15)12-22(21)16(17(19)20)11-10-13-6-2-1-3-7-13/h1-9,16H,10-12H2,(H,19,20). The van der Waals surface area contributed by atoms with Crippen molar-refractivity contribution in [1.82, 2.24) is 0 Å². The van der Waals surface area contributed by atoms with E-state index in [0.717, 1.165) is 5.56 Å². The predicted octanol–water partition coefficient (Wildman–Crippen LogP) is 3.67. The number of halogens is 1. The lowest BCUT2D eigenvalue weighted by atomic mass is 10.1. The quantitative estimate of drug-likeness (QED) is 0.839. The summed E-state index contributed by atoms with van der Waals surface area (Å²) in [7, 11) is -1.51. The molecule has 22 heavy (non-hydrogen) atoms. The number of carbonyl (C=O) groups is 1. The summed E-state index contributed by atoms with van der Waals surface area (Å²) in [5.74, 6) is -0.868. The normalized spacial score (nSPS) is 13.5. The summed E-state index contributed by atoms with van der Waals surface area (Å²) in [5, 5.41) is 8.97. The number of carboxylic acids is 1. The Morgan fingerprint density at radius 2 is 1.73 bits per heavy atom. The van der Waals surface area contributed by atoms with E-state index in [-0.39, 0.29) is 5.75 Å². The van der Waals surface area contributed by atoms with Crippen molar-refractivity contribution in [2.24, 2.45) is 0 Å². The van der Waals surface area contributed by atoms with E-state index in [0.29, 0.717) is 23.4 Å². The Morgan fingerprint density at radius 3 is 2.36 bits per heavy atom. The van der Waals surface area contributed by atoms with E-state index in [2.05, 4.69) is 0 Å². The molecule has 2 rings (SSSR count). The second-order valence-electron chi connectivity index (χ2n) is 4.97. The highest BCUT2D eigenvalue weighted by Gasteiger charge is 2.25. The van der Waals surface area contributed by atoms with Crippen LogP contribution < -0.4 is 0 Å². The Hall–Kier alpha value is -1.65. The molecule has 0 aliphatic carbocycles. The number of carboxylic acid groups (broad SMARTS) is 1. The molecule has 0 aliphatic rings. The fraction of sp³-hybridized carbons (Fsp3) is 0.235. The molecule has 3 nitrogen and oxygen atoms in total. The Bertz CT molecular complexity index is 658. The summed E-state index contributed by atoms with van der Waals surface area (Å²) in [5.41, 5.74) is 1.76. The first-order valence-corrected chi connectivity index (χ1v) is 8.71. The van der Waals surface area contributed by atoms with Crippen LogP contribution in [-0.4, -0.2) is 20.5 Å². The Balaban J connectivity index is 2.03. The Morgan fingerprint density at radius 1 is 1.09 bits per heavy atom. The zero-order valence-corrected chi connectivity index (χ0v) is 13.5. The van der Waals surface area contributed by atoms with Crippen molar-refractivity contribution < 1.29 is 14.1 Å². The highest BCUT2D eigenvalue weighted by Crippen LogP contribution is 2.19. The van der Waals surface area contributed by atoms with Crippen molar-refractivity contribution in [3.8, 4) is 0 Å². The lowest BCUT2D eigenvalue weighted by Gasteiger charge is -2.13. The third-order valence-corrected chi connectivity index (χ3v) is 5.42.